The van der Waals surface area contributed by atoms with Gasteiger partial charge in [-0.05, 0) is 54.5 Å². The van der Waals surface area contributed by atoms with E-state index in [1.54, 1.807) is 11.3 Å². The van der Waals surface area contributed by atoms with Gasteiger partial charge in [-0.2, -0.15) is 11.3 Å². The number of thiophene rings is 1. The monoisotopic (exact) mass is 240 g/mol. The molecule has 2 atom stereocenters. The van der Waals surface area contributed by atoms with Crippen LogP contribution in [0.3, 0.4) is 0 Å². The summed E-state index contributed by atoms with van der Waals surface area (Å²) < 4.78 is 5.74. The lowest BCUT2D eigenvalue weighted by molar-refractivity contribution is 0.00524. The van der Waals surface area contributed by atoms with E-state index in [-0.39, 0.29) is 0 Å². The van der Waals surface area contributed by atoms with Crippen LogP contribution in [0.1, 0.15) is 31.2 Å². The Labute approximate surface area is 101 Å². The second-order valence-electron chi connectivity index (χ2n) is 4.42. The standard InChI is InChI=1S/C12H20N2OS/c13-14-11(7-10-4-6-16-9-10)8-12-3-1-2-5-15-12/h4,6,9,11-12,14H,1-3,5,7-8,13H2. The minimum absolute atomic E-state index is 0.331. The smallest absolute Gasteiger partial charge is 0.0590 e. The molecular weight excluding hydrogens is 220 g/mol. The van der Waals surface area contributed by atoms with Crippen molar-refractivity contribution in [1.82, 2.24) is 5.43 Å². The molecular formula is C12H20N2OS. The van der Waals surface area contributed by atoms with Gasteiger partial charge < -0.3 is 4.74 Å². The molecule has 0 amide bonds. The lowest BCUT2D eigenvalue weighted by Crippen LogP contribution is -2.40. The highest BCUT2D eigenvalue weighted by Gasteiger charge is 2.19. The number of rotatable bonds is 5. The Kier molecular flexibility index (Phi) is 4.78. The van der Waals surface area contributed by atoms with Crippen LogP contribution in [0.4, 0.5) is 0 Å². The minimum Gasteiger partial charge on any atom is -0.378 e. The first-order valence-corrected chi connectivity index (χ1v) is 6.91. The van der Waals surface area contributed by atoms with Crippen LogP contribution in [0.5, 0.6) is 0 Å². The van der Waals surface area contributed by atoms with Crippen LogP contribution in [-0.4, -0.2) is 18.8 Å². The first-order chi connectivity index (χ1) is 7.88. The number of hydrogen-bond donors (Lipinski definition) is 2. The Morgan fingerprint density at radius 3 is 3.12 bits per heavy atom. The lowest BCUT2D eigenvalue weighted by atomic mass is 9.98. The van der Waals surface area contributed by atoms with Crippen LogP contribution in [-0.2, 0) is 11.2 Å². The van der Waals surface area contributed by atoms with Gasteiger partial charge in [-0.25, -0.2) is 0 Å². The molecule has 1 aromatic heterocycles. The zero-order chi connectivity index (χ0) is 11.2. The fraction of sp³-hybridized carbons (Fsp3) is 0.667. The SMILES string of the molecule is NNC(Cc1ccsc1)CC1CCCCO1. The third kappa shape index (κ3) is 3.56. The van der Waals surface area contributed by atoms with E-state index in [9.17, 15) is 0 Å². The molecule has 0 saturated carbocycles. The van der Waals surface area contributed by atoms with Gasteiger partial charge in [0.05, 0.1) is 6.10 Å². The highest BCUT2D eigenvalue weighted by atomic mass is 32.1. The van der Waals surface area contributed by atoms with Gasteiger partial charge in [0.2, 0.25) is 0 Å². The summed E-state index contributed by atoms with van der Waals surface area (Å²) in [6.45, 7) is 0.917. The second-order valence-corrected chi connectivity index (χ2v) is 5.20. The van der Waals surface area contributed by atoms with Gasteiger partial charge in [-0.1, -0.05) is 0 Å². The molecule has 4 heteroatoms. The number of nitrogens with one attached hydrogen (secondary N) is 1. The van der Waals surface area contributed by atoms with E-state index in [0.717, 1.165) is 19.4 Å². The fourth-order valence-corrected chi connectivity index (χ4v) is 2.90. The zero-order valence-electron chi connectivity index (χ0n) is 9.52. The molecule has 1 saturated heterocycles. The molecule has 1 aliphatic heterocycles. The predicted octanol–water partition coefficient (Wildman–Crippen LogP) is 2.08. The van der Waals surface area contributed by atoms with Crippen molar-refractivity contribution >= 4 is 11.3 Å². The van der Waals surface area contributed by atoms with Gasteiger partial charge >= 0.3 is 0 Å². The second kappa shape index (κ2) is 6.35. The van der Waals surface area contributed by atoms with Crippen molar-refractivity contribution < 1.29 is 4.74 Å². The molecule has 2 unspecified atom stereocenters. The highest BCUT2D eigenvalue weighted by molar-refractivity contribution is 7.07. The molecule has 3 N–H and O–H groups in total. The molecule has 0 bridgehead atoms. The summed E-state index contributed by atoms with van der Waals surface area (Å²) in [6, 6.07) is 2.49. The Bertz CT molecular complexity index is 283. The topological polar surface area (TPSA) is 47.3 Å². The molecule has 0 radical (unpaired) electrons. The third-order valence-electron chi connectivity index (χ3n) is 3.12. The van der Waals surface area contributed by atoms with Crippen molar-refractivity contribution in [3.05, 3.63) is 22.4 Å². The summed E-state index contributed by atoms with van der Waals surface area (Å²) in [5.41, 5.74) is 4.28. The van der Waals surface area contributed by atoms with Gasteiger partial charge in [0.1, 0.15) is 0 Å². The maximum Gasteiger partial charge on any atom is 0.0590 e. The van der Waals surface area contributed by atoms with Crippen molar-refractivity contribution in [3.63, 3.8) is 0 Å². The third-order valence-corrected chi connectivity index (χ3v) is 3.85. The lowest BCUT2D eigenvalue weighted by Gasteiger charge is -2.26. The van der Waals surface area contributed by atoms with Gasteiger partial charge in [-0.3, -0.25) is 11.3 Å². The first kappa shape index (κ1) is 12.0. The average molecular weight is 240 g/mol. The number of hydrazine groups is 1. The fourth-order valence-electron chi connectivity index (χ4n) is 2.21. The van der Waals surface area contributed by atoms with Crippen LogP contribution in [0.2, 0.25) is 0 Å². The molecule has 1 aliphatic rings. The van der Waals surface area contributed by atoms with E-state index in [0.29, 0.717) is 12.1 Å². The molecule has 90 valence electrons. The summed E-state index contributed by atoms with van der Waals surface area (Å²) in [4.78, 5) is 0. The Balaban J connectivity index is 1.80. The predicted molar refractivity (Wildman–Crippen MR) is 67.3 cm³/mol. The Morgan fingerprint density at radius 2 is 2.50 bits per heavy atom. The van der Waals surface area contributed by atoms with E-state index >= 15 is 0 Å². The number of ether oxygens (including phenoxy) is 1. The Morgan fingerprint density at radius 1 is 1.56 bits per heavy atom. The average Bonchev–Trinajstić information content (AvgIpc) is 2.82. The molecule has 1 aromatic rings. The van der Waals surface area contributed by atoms with Gasteiger partial charge in [-0.15, -0.1) is 0 Å². The summed E-state index contributed by atoms with van der Waals surface area (Å²) in [7, 11) is 0. The highest BCUT2D eigenvalue weighted by Crippen LogP contribution is 2.19. The van der Waals surface area contributed by atoms with E-state index in [4.69, 9.17) is 10.6 Å². The number of hydrogen-bond acceptors (Lipinski definition) is 4. The molecule has 2 heterocycles. The molecule has 0 spiro atoms. The van der Waals surface area contributed by atoms with Gasteiger partial charge in [0.25, 0.3) is 0 Å². The molecule has 0 aliphatic carbocycles. The Hall–Kier alpha value is -0.420. The molecule has 16 heavy (non-hydrogen) atoms. The molecule has 3 nitrogen and oxygen atoms in total. The maximum absolute atomic E-state index is 5.74. The van der Waals surface area contributed by atoms with Crippen LogP contribution in [0, 0.1) is 0 Å². The van der Waals surface area contributed by atoms with Crippen LogP contribution in [0.25, 0.3) is 0 Å². The van der Waals surface area contributed by atoms with E-state index in [1.807, 2.05) is 0 Å². The van der Waals surface area contributed by atoms with Crippen molar-refractivity contribution in [2.45, 2.75) is 44.2 Å². The van der Waals surface area contributed by atoms with Crippen molar-refractivity contribution in [2.75, 3.05) is 6.61 Å². The summed E-state index contributed by atoms with van der Waals surface area (Å²) >= 11 is 1.74. The minimum atomic E-state index is 0.331. The van der Waals surface area contributed by atoms with E-state index in [1.165, 1.54) is 24.8 Å². The zero-order valence-corrected chi connectivity index (χ0v) is 10.3. The molecule has 0 aromatic carbocycles. The van der Waals surface area contributed by atoms with Gasteiger partial charge in [0, 0.05) is 12.6 Å². The summed E-state index contributed by atoms with van der Waals surface area (Å²) in [6.07, 6.45) is 6.10. The van der Waals surface area contributed by atoms with Crippen LogP contribution >= 0.6 is 11.3 Å². The van der Waals surface area contributed by atoms with E-state index < -0.39 is 0 Å². The van der Waals surface area contributed by atoms with Crippen molar-refractivity contribution in [1.29, 1.82) is 0 Å². The first-order valence-electron chi connectivity index (χ1n) is 5.97. The molecule has 2 rings (SSSR count). The largest absolute Gasteiger partial charge is 0.378 e. The quantitative estimate of drug-likeness (QED) is 0.612. The van der Waals surface area contributed by atoms with Crippen LogP contribution < -0.4 is 11.3 Å². The van der Waals surface area contributed by atoms with Gasteiger partial charge in [0.15, 0.2) is 0 Å². The summed E-state index contributed by atoms with van der Waals surface area (Å²) in [5.74, 6) is 5.60. The normalized spacial score (nSPS) is 23.2. The summed E-state index contributed by atoms with van der Waals surface area (Å²) in [5, 5.41) is 4.30. The van der Waals surface area contributed by atoms with Crippen molar-refractivity contribution in [3.8, 4) is 0 Å². The van der Waals surface area contributed by atoms with E-state index in [2.05, 4.69) is 22.3 Å². The maximum atomic E-state index is 5.74. The number of nitrogens with two attached hydrogens (primary N) is 1. The van der Waals surface area contributed by atoms with Crippen LogP contribution in [0.15, 0.2) is 16.8 Å². The van der Waals surface area contributed by atoms with Crippen molar-refractivity contribution in [2.24, 2.45) is 5.84 Å². The molecule has 1 fully saturated rings.